The Balaban J connectivity index is 0.000000686. The van der Waals surface area contributed by atoms with Crippen molar-refractivity contribution < 1.29 is 5.11 Å². The summed E-state index contributed by atoms with van der Waals surface area (Å²) in [6.07, 6.45) is 2.07. The highest BCUT2D eigenvalue weighted by Gasteiger charge is 2.19. The molecule has 0 bridgehead atoms. The number of benzene rings is 1. The first-order valence-corrected chi connectivity index (χ1v) is 6.40. The molecule has 0 radical (unpaired) electrons. The summed E-state index contributed by atoms with van der Waals surface area (Å²) in [6.45, 7) is 1.98. The van der Waals surface area contributed by atoms with Crippen LogP contribution >= 0.6 is 23.2 Å². The van der Waals surface area contributed by atoms with Crippen molar-refractivity contribution in [3.05, 3.63) is 27.7 Å². The summed E-state index contributed by atoms with van der Waals surface area (Å²) in [4.78, 5) is 0. The number of piperidine rings is 1. The summed E-state index contributed by atoms with van der Waals surface area (Å²) in [6, 6.07) is 3.32. The predicted molar refractivity (Wildman–Crippen MR) is 73.1 cm³/mol. The van der Waals surface area contributed by atoms with E-state index in [1.807, 2.05) is 0 Å². The molecular formula is C12H18Cl2N2O. The normalized spacial score (nSPS) is 16.2. The first-order chi connectivity index (χ1) is 8.18. The quantitative estimate of drug-likeness (QED) is 0.739. The van der Waals surface area contributed by atoms with Crippen LogP contribution in [0.4, 0.5) is 0 Å². The van der Waals surface area contributed by atoms with Gasteiger partial charge >= 0.3 is 0 Å². The molecule has 4 N–H and O–H groups in total. The van der Waals surface area contributed by atoms with Crippen molar-refractivity contribution in [3.8, 4) is 5.75 Å². The predicted octanol–water partition coefficient (Wildman–Crippen LogP) is 2.74. The Morgan fingerprint density at radius 2 is 1.71 bits per heavy atom. The molecule has 1 aliphatic rings. The fourth-order valence-electron chi connectivity index (χ4n) is 2.01. The molecule has 96 valence electrons. The van der Waals surface area contributed by atoms with Gasteiger partial charge in [0.15, 0.2) is 0 Å². The van der Waals surface area contributed by atoms with Gasteiger partial charge < -0.3 is 16.2 Å². The molecule has 1 heterocycles. The van der Waals surface area contributed by atoms with Gasteiger partial charge in [-0.1, -0.05) is 23.2 Å². The van der Waals surface area contributed by atoms with Crippen LogP contribution in [0.25, 0.3) is 0 Å². The molecule has 0 unspecified atom stereocenters. The van der Waals surface area contributed by atoms with E-state index in [1.54, 1.807) is 6.07 Å². The molecule has 1 aromatic carbocycles. The van der Waals surface area contributed by atoms with Crippen molar-refractivity contribution >= 4 is 23.2 Å². The third-order valence-electron chi connectivity index (χ3n) is 2.85. The Bertz CT molecular complexity index is 366. The topological polar surface area (TPSA) is 58.3 Å². The first-order valence-electron chi connectivity index (χ1n) is 5.65. The van der Waals surface area contributed by atoms with Crippen LogP contribution in [-0.4, -0.2) is 25.2 Å². The molecule has 1 aromatic rings. The van der Waals surface area contributed by atoms with E-state index in [2.05, 4.69) is 11.1 Å². The minimum Gasteiger partial charge on any atom is -0.508 e. The third kappa shape index (κ3) is 3.75. The number of nitrogens with two attached hydrogens (primary N) is 1. The van der Waals surface area contributed by atoms with E-state index in [0.29, 0.717) is 16.0 Å². The maximum atomic E-state index is 9.80. The first kappa shape index (κ1) is 14.6. The lowest BCUT2D eigenvalue weighted by Crippen LogP contribution is -2.26. The number of phenols is 1. The fourth-order valence-corrected chi connectivity index (χ4v) is 2.34. The van der Waals surface area contributed by atoms with Gasteiger partial charge in [-0.05, 0) is 50.5 Å². The van der Waals surface area contributed by atoms with Crippen molar-refractivity contribution in [2.75, 3.05) is 20.1 Å². The van der Waals surface area contributed by atoms with Gasteiger partial charge in [-0.25, -0.2) is 0 Å². The van der Waals surface area contributed by atoms with E-state index in [0.717, 1.165) is 31.5 Å². The van der Waals surface area contributed by atoms with Gasteiger partial charge in [0, 0.05) is 6.07 Å². The average molecular weight is 277 g/mol. The van der Waals surface area contributed by atoms with Crippen molar-refractivity contribution in [2.24, 2.45) is 5.73 Å². The van der Waals surface area contributed by atoms with Crippen LogP contribution in [0.15, 0.2) is 12.1 Å². The van der Waals surface area contributed by atoms with E-state index in [4.69, 9.17) is 23.2 Å². The largest absolute Gasteiger partial charge is 0.508 e. The van der Waals surface area contributed by atoms with Crippen molar-refractivity contribution in [3.63, 3.8) is 0 Å². The highest BCUT2D eigenvalue weighted by atomic mass is 35.5. The summed E-state index contributed by atoms with van der Waals surface area (Å²) in [5, 5.41) is 14.0. The smallest absolute Gasteiger partial charge is 0.120 e. The molecule has 0 amide bonds. The third-order valence-corrected chi connectivity index (χ3v) is 3.57. The standard InChI is InChI=1S/C11H13Cl2NO.CH5N/c12-9-5-8(11(15)6-10(9)13)7-1-3-14-4-2-7;1-2/h5-7,14-15H,1-4H2;2H2,1H3. The van der Waals surface area contributed by atoms with Crippen LogP contribution in [0.1, 0.15) is 24.3 Å². The lowest BCUT2D eigenvalue weighted by atomic mass is 9.90. The number of rotatable bonds is 1. The highest BCUT2D eigenvalue weighted by molar-refractivity contribution is 6.42. The van der Waals surface area contributed by atoms with E-state index in [9.17, 15) is 5.11 Å². The number of nitrogens with one attached hydrogen (secondary N) is 1. The average Bonchev–Trinajstić information content (AvgIpc) is 2.37. The zero-order valence-electron chi connectivity index (χ0n) is 9.84. The molecular weight excluding hydrogens is 259 g/mol. The summed E-state index contributed by atoms with van der Waals surface area (Å²) in [5.41, 5.74) is 5.42. The molecule has 1 fully saturated rings. The van der Waals surface area contributed by atoms with Gasteiger partial charge in [-0.2, -0.15) is 0 Å². The minimum absolute atomic E-state index is 0.260. The van der Waals surface area contributed by atoms with Gasteiger partial charge in [0.2, 0.25) is 0 Å². The molecule has 17 heavy (non-hydrogen) atoms. The second-order valence-corrected chi connectivity index (χ2v) is 4.66. The van der Waals surface area contributed by atoms with Crippen LogP contribution in [0, 0.1) is 0 Å². The molecule has 1 aliphatic heterocycles. The van der Waals surface area contributed by atoms with Crippen LogP contribution in [0.3, 0.4) is 0 Å². The number of phenolic OH excluding ortho intramolecular Hbond substituents is 1. The number of aromatic hydroxyl groups is 1. The van der Waals surface area contributed by atoms with Crippen molar-refractivity contribution in [2.45, 2.75) is 18.8 Å². The van der Waals surface area contributed by atoms with Gasteiger partial charge in [-0.3, -0.25) is 0 Å². The maximum absolute atomic E-state index is 9.80. The SMILES string of the molecule is CN.Oc1cc(Cl)c(Cl)cc1C1CCNCC1. The lowest BCUT2D eigenvalue weighted by Gasteiger charge is -2.23. The van der Waals surface area contributed by atoms with Crippen LogP contribution in [-0.2, 0) is 0 Å². The molecule has 0 saturated carbocycles. The molecule has 0 aliphatic carbocycles. The van der Waals surface area contributed by atoms with Crippen molar-refractivity contribution in [1.82, 2.24) is 5.32 Å². The Morgan fingerprint density at radius 3 is 2.29 bits per heavy atom. The van der Waals surface area contributed by atoms with Crippen molar-refractivity contribution in [1.29, 1.82) is 0 Å². The van der Waals surface area contributed by atoms with E-state index in [-0.39, 0.29) is 5.75 Å². The summed E-state index contributed by atoms with van der Waals surface area (Å²) >= 11 is 11.8. The Labute approximate surface area is 112 Å². The second-order valence-electron chi connectivity index (χ2n) is 3.85. The Morgan fingerprint density at radius 1 is 1.18 bits per heavy atom. The van der Waals surface area contributed by atoms with Crippen LogP contribution in [0.2, 0.25) is 10.0 Å². The van der Waals surface area contributed by atoms with E-state index in [1.165, 1.54) is 13.1 Å². The van der Waals surface area contributed by atoms with E-state index < -0.39 is 0 Å². The summed E-state index contributed by atoms with van der Waals surface area (Å²) in [7, 11) is 1.50. The van der Waals surface area contributed by atoms with Gasteiger partial charge in [0.1, 0.15) is 5.75 Å². The molecule has 0 spiro atoms. The molecule has 0 aromatic heterocycles. The highest BCUT2D eigenvalue weighted by Crippen LogP contribution is 2.37. The molecule has 0 atom stereocenters. The number of hydrogen-bond acceptors (Lipinski definition) is 3. The maximum Gasteiger partial charge on any atom is 0.120 e. The second kappa shape index (κ2) is 7.07. The van der Waals surface area contributed by atoms with Crippen LogP contribution < -0.4 is 11.1 Å². The summed E-state index contributed by atoms with van der Waals surface area (Å²) in [5.74, 6) is 0.650. The van der Waals surface area contributed by atoms with Gasteiger partial charge in [0.25, 0.3) is 0 Å². The monoisotopic (exact) mass is 276 g/mol. The zero-order valence-corrected chi connectivity index (χ0v) is 11.4. The molecule has 2 rings (SSSR count). The Kier molecular flexibility index (Phi) is 6.06. The van der Waals surface area contributed by atoms with Crippen LogP contribution in [0.5, 0.6) is 5.75 Å². The number of hydrogen-bond donors (Lipinski definition) is 3. The lowest BCUT2D eigenvalue weighted by molar-refractivity contribution is 0.424. The van der Waals surface area contributed by atoms with Gasteiger partial charge in [0.05, 0.1) is 10.0 Å². The van der Waals surface area contributed by atoms with E-state index >= 15 is 0 Å². The summed E-state index contributed by atoms with van der Waals surface area (Å²) < 4.78 is 0. The molecule has 5 heteroatoms. The zero-order chi connectivity index (χ0) is 12.8. The minimum atomic E-state index is 0.260. The molecule has 1 saturated heterocycles. The number of halogens is 2. The van der Waals surface area contributed by atoms with Gasteiger partial charge in [-0.15, -0.1) is 0 Å². The molecule has 3 nitrogen and oxygen atoms in total. The Hall–Kier alpha value is -0.480. The fraction of sp³-hybridized carbons (Fsp3) is 0.500.